The molecule has 0 fully saturated rings. The van der Waals surface area contributed by atoms with E-state index in [2.05, 4.69) is 19.7 Å². The summed E-state index contributed by atoms with van der Waals surface area (Å²) in [6.45, 7) is 1.15. The summed E-state index contributed by atoms with van der Waals surface area (Å²) in [5, 5.41) is 0. The first-order valence-electron chi connectivity index (χ1n) is 2.83. The Balaban J connectivity index is -0.000000189. The molecular formula is C6H7BrClLiO2Zn. The van der Waals surface area contributed by atoms with E-state index in [-0.39, 0.29) is 31.3 Å². The van der Waals surface area contributed by atoms with Gasteiger partial charge < -0.3 is 21.9 Å². The summed E-state index contributed by atoms with van der Waals surface area (Å²) < 4.78 is 4.94. The first-order valence-corrected chi connectivity index (χ1v) is 9.77. The minimum atomic E-state index is 0. The molecule has 0 saturated heterocycles. The van der Waals surface area contributed by atoms with E-state index in [4.69, 9.17) is 4.74 Å². The van der Waals surface area contributed by atoms with Crippen molar-refractivity contribution in [3.8, 4) is 0 Å². The first-order chi connectivity index (χ1) is 4.93. The number of ether oxygens (including phenoxy) is 1. The normalized spacial score (nSPS) is 13.8. The van der Waals surface area contributed by atoms with Crippen molar-refractivity contribution >= 4 is 19.9 Å². The SMILES string of the molecule is O=CC1=[C-]CCOC1.[Cl-].[Li+].[Zn+][Br]. The van der Waals surface area contributed by atoms with Crippen LogP contribution in [0.5, 0.6) is 0 Å². The Morgan fingerprint density at radius 3 is 2.42 bits per heavy atom. The maximum absolute atomic E-state index is 9.98. The Kier molecular flexibility index (Phi) is 23.6. The van der Waals surface area contributed by atoms with Gasteiger partial charge in [0.25, 0.3) is 0 Å². The van der Waals surface area contributed by atoms with Gasteiger partial charge in [-0.05, 0) is 6.29 Å². The second kappa shape index (κ2) is 14.9. The van der Waals surface area contributed by atoms with E-state index in [1.807, 2.05) is 0 Å². The molecule has 0 aromatic heterocycles. The van der Waals surface area contributed by atoms with Gasteiger partial charge in [0.15, 0.2) is 0 Å². The molecule has 0 saturated carbocycles. The summed E-state index contributed by atoms with van der Waals surface area (Å²) in [7, 11) is 0. The number of rotatable bonds is 1. The fraction of sp³-hybridized carbons (Fsp3) is 0.500. The van der Waals surface area contributed by atoms with E-state index >= 15 is 0 Å². The van der Waals surface area contributed by atoms with E-state index in [9.17, 15) is 4.79 Å². The Labute approximate surface area is 107 Å². The predicted octanol–water partition coefficient (Wildman–Crippen LogP) is -4.81. The molecule has 1 aliphatic heterocycles. The number of halogens is 2. The second-order valence-electron chi connectivity index (χ2n) is 1.62. The summed E-state index contributed by atoms with van der Waals surface area (Å²) in [5.41, 5.74) is 0.649. The molecule has 6 heteroatoms. The van der Waals surface area contributed by atoms with Crippen LogP contribution in [-0.2, 0) is 25.9 Å². The molecule has 0 atom stereocenters. The molecule has 60 valence electrons. The van der Waals surface area contributed by atoms with Crippen molar-refractivity contribution in [2.75, 3.05) is 13.2 Å². The van der Waals surface area contributed by atoms with Gasteiger partial charge in [0.1, 0.15) is 0 Å². The van der Waals surface area contributed by atoms with Crippen LogP contribution in [0.25, 0.3) is 0 Å². The molecule has 12 heavy (non-hydrogen) atoms. The number of carbonyl (C=O) groups excluding carboxylic acids is 1. The fourth-order valence-electron chi connectivity index (χ4n) is 0.593. The Hall–Kier alpha value is 1.36. The van der Waals surface area contributed by atoms with Crippen molar-refractivity contribution in [2.24, 2.45) is 0 Å². The molecule has 1 aliphatic rings. The number of hydrogen-bond acceptors (Lipinski definition) is 2. The average molecular weight is 299 g/mol. The Bertz CT molecular complexity index is 135. The molecule has 2 nitrogen and oxygen atoms in total. The van der Waals surface area contributed by atoms with Gasteiger partial charge in [-0.25, -0.2) is 0 Å². The summed E-state index contributed by atoms with van der Waals surface area (Å²) in [6, 6.07) is 0. The molecule has 0 bridgehead atoms. The van der Waals surface area contributed by atoms with Crippen LogP contribution in [0.1, 0.15) is 6.42 Å². The average Bonchev–Trinajstić information content (AvgIpc) is 2.10. The number of carbonyl (C=O) groups is 1. The number of hydrogen-bond donors (Lipinski definition) is 0. The summed E-state index contributed by atoms with van der Waals surface area (Å²) in [5.74, 6) is 0. The zero-order chi connectivity index (χ0) is 7.82. The molecule has 0 radical (unpaired) electrons. The summed E-state index contributed by atoms with van der Waals surface area (Å²) >= 11 is 4.25. The third-order valence-corrected chi connectivity index (χ3v) is 0.998. The third-order valence-electron chi connectivity index (χ3n) is 0.998. The van der Waals surface area contributed by atoms with Gasteiger partial charge in [0.2, 0.25) is 0 Å². The van der Waals surface area contributed by atoms with Gasteiger partial charge >= 0.3 is 48.8 Å². The fourth-order valence-corrected chi connectivity index (χ4v) is 0.593. The van der Waals surface area contributed by atoms with E-state index in [1.165, 1.54) is 16.3 Å². The Morgan fingerprint density at radius 2 is 2.17 bits per heavy atom. The minimum absolute atomic E-state index is 0. The van der Waals surface area contributed by atoms with Gasteiger partial charge in [-0.2, -0.15) is 5.57 Å². The summed E-state index contributed by atoms with van der Waals surface area (Å²) in [4.78, 5) is 9.98. The standard InChI is InChI=1S/C6H7O2.BrH.ClH.Li.Zn/c7-4-6-2-1-3-8-5-6;;;;/h4H,1,3,5H2;2*1H;;/q-1;;;+1;+2/p-2. The maximum atomic E-state index is 9.98. The van der Waals surface area contributed by atoms with E-state index in [0.717, 1.165) is 12.7 Å². The molecular weight excluding hydrogens is 292 g/mol. The van der Waals surface area contributed by atoms with Crippen molar-refractivity contribution in [3.05, 3.63) is 11.6 Å². The molecule has 0 aromatic rings. The molecule has 0 spiro atoms. The quantitative estimate of drug-likeness (QED) is 0.276. The predicted molar refractivity (Wildman–Crippen MR) is 37.2 cm³/mol. The van der Waals surface area contributed by atoms with Gasteiger partial charge in [-0.15, -0.1) is 0 Å². The zero-order valence-electron chi connectivity index (χ0n) is 6.98. The molecule has 1 heterocycles. The van der Waals surface area contributed by atoms with Crippen molar-refractivity contribution < 1.29 is 57.1 Å². The van der Waals surface area contributed by atoms with Crippen molar-refractivity contribution in [3.63, 3.8) is 0 Å². The molecule has 0 unspecified atom stereocenters. The van der Waals surface area contributed by atoms with E-state index < -0.39 is 0 Å². The molecule has 0 aliphatic carbocycles. The first kappa shape index (κ1) is 19.0. The van der Waals surface area contributed by atoms with Crippen molar-refractivity contribution in [1.29, 1.82) is 0 Å². The molecule has 0 amide bonds. The van der Waals surface area contributed by atoms with Crippen LogP contribution in [0.2, 0.25) is 0 Å². The third kappa shape index (κ3) is 9.45. The van der Waals surface area contributed by atoms with E-state index in [0.29, 0.717) is 18.8 Å². The second-order valence-corrected chi connectivity index (χ2v) is 1.62. The van der Waals surface area contributed by atoms with Crippen molar-refractivity contribution in [1.82, 2.24) is 0 Å². The van der Waals surface area contributed by atoms with Crippen LogP contribution >= 0.6 is 13.6 Å². The monoisotopic (exact) mass is 296 g/mol. The van der Waals surface area contributed by atoms with Crippen LogP contribution in [0, 0.1) is 6.08 Å². The van der Waals surface area contributed by atoms with Crippen LogP contribution in [0.15, 0.2) is 5.57 Å². The van der Waals surface area contributed by atoms with Gasteiger partial charge in [-0.3, -0.25) is 6.08 Å². The van der Waals surface area contributed by atoms with Crippen LogP contribution in [-0.4, -0.2) is 19.5 Å². The van der Waals surface area contributed by atoms with Gasteiger partial charge in [0.05, 0.1) is 0 Å². The summed E-state index contributed by atoms with van der Waals surface area (Å²) in [6.07, 6.45) is 4.44. The zero-order valence-corrected chi connectivity index (χ0v) is 12.3. The van der Waals surface area contributed by atoms with Gasteiger partial charge in [-0.1, -0.05) is 6.42 Å². The van der Waals surface area contributed by atoms with Crippen LogP contribution < -0.4 is 31.3 Å². The van der Waals surface area contributed by atoms with Crippen LogP contribution in [0.4, 0.5) is 0 Å². The van der Waals surface area contributed by atoms with Gasteiger partial charge in [0, 0.05) is 13.2 Å². The molecule has 0 aromatic carbocycles. The van der Waals surface area contributed by atoms with E-state index in [1.54, 1.807) is 0 Å². The number of aldehydes is 1. The topological polar surface area (TPSA) is 26.3 Å². The molecule has 1 rings (SSSR count). The van der Waals surface area contributed by atoms with Crippen molar-refractivity contribution in [2.45, 2.75) is 6.42 Å². The Morgan fingerprint density at radius 1 is 1.58 bits per heavy atom. The van der Waals surface area contributed by atoms with Crippen LogP contribution in [0.3, 0.4) is 0 Å². The molecule has 0 N–H and O–H groups in total.